The summed E-state index contributed by atoms with van der Waals surface area (Å²) >= 11 is 0. The zero-order valence-corrected chi connectivity index (χ0v) is 15.8. The number of amides is 1. The van der Waals surface area contributed by atoms with Crippen LogP contribution in [0.25, 0.3) is 0 Å². The van der Waals surface area contributed by atoms with Crippen LogP contribution in [0.1, 0.15) is 25.0 Å². The largest absolute Gasteiger partial charge is 0.491 e. The van der Waals surface area contributed by atoms with Gasteiger partial charge in [0.25, 0.3) is 0 Å². The van der Waals surface area contributed by atoms with Gasteiger partial charge in [-0.1, -0.05) is 24.3 Å². The summed E-state index contributed by atoms with van der Waals surface area (Å²) in [7, 11) is 0. The van der Waals surface area contributed by atoms with Crippen molar-refractivity contribution in [3.05, 3.63) is 59.7 Å². The number of ether oxygens (including phenoxy) is 1. The predicted molar refractivity (Wildman–Crippen MR) is 108 cm³/mol. The monoisotopic (exact) mass is 366 g/mol. The summed E-state index contributed by atoms with van der Waals surface area (Å²) in [5.41, 5.74) is 9.23. The van der Waals surface area contributed by atoms with E-state index in [2.05, 4.69) is 22.4 Å². The molecule has 0 fully saturated rings. The van der Waals surface area contributed by atoms with Gasteiger partial charge in [0.05, 0.1) is 6.10 Å². The fourth-order valence-electron chi connectivity index (χ4n) is 3.04. The number of hydrogen-bond donors (Lipinski definition) is 2. The van der Waals surface area contributed by atoms with Crippen molar-refractivity contribution in [3.8, 4) is 5.75 Å². The highest BCUT2D eigenvalue weighted by Crippen LogP contribution is 2.19. The van der Waals surface area contributed by atoms with E-state index in [-0.39, 0.29) is 24.5 Å². The van der Waals surface area contributed by atoms with Gasteiger partial charge in [-0.3, -0.25) is 4.79 Å². The standard InChI is InChI=1S/C21H26N4O2/c1-15(2)27-19-9-7-18(8-10-19)24-21(22)23-13-20(26)25-12-11-16-5-3-4-6-17(16)14-25/h3-10,15H,11-14H2,1-2H3,(H3,22,23,24). The van der Waals surface area contributed by atoms with Gasteiger partial charge in [0.1, 0.15) is 12.3 Å². The molecule has 0 atom stereocenters. The first-order valence-electron chi connectivity index (χ1n) is 9.19. The molecule has 2 aromatic carbocycles. The van der Waals surface area contributed by atoms with Gasteiger partial charge in [-0.05, 0) is 55.7 Å². The zero-order chi connectivity index (χ0) is 19.2. The van der Waals surface area contributed by atoms with E-state index in [1.807, 2.05) is 55.1 Å². The maximum atomic E-state index is 12.4. The van der Waals surface area contributed by atoms with E-state index >= 15 is 0 Å². The van der Waals surface area contributed by atoms with Gasteiger partial charge in [-0.25, -0.2) is 4.99 Å². The maximum absolute atomic E-state index is 12.4. The van der Waals surface area contributed by atoms with Crippen LogP contribution in [-0.2, 0) is 17.8 Å². The highest BCUT2D eigenvalue weighted by Gasteiger charge is 2.19. The first kappa shape index (κ1) is 18.8. The first-order chi connectivity index (χ1) is 13.0. The molecule has 0 saturated carbocycles. The Labute approximate surface area is 160 Å². The van der Waals surface area contributed by atoms with Gasteiger partial charge in [-0.15, -0.1) is 0 Å². The number of carbonyl (C=O) groups is 1. The van der Waals surface area contributed by atoms with Crippen molar-refractivity contribution in [2.24, 2.45) is 10.7 Å². The number of benzene rings is 2. The molecule has 0 spiro atoms. The van der Waals surface area contributed by atoms with Crippen LogP contribution >= 0.6 is 0 Å². The smallest absolute Gasteiger partial charge is 0.244 e. The summed E-state index contributed by atoms with van der Waals surface area (Å²) in [5.74, 6) is 1.000. The molecule has 6 heteroatoms. The van der Waals surface area contributed by atoms with Crippen LogP contribution in [0.2, 0.25) is 0 Å². The number of rotatable bonds is 5. The summed E-state index contributed by atoms with van der Waals surface area (Å²) in [4.78, 5) is 18.4. The van der Waals surface area contributed by atoms with Crippen molar-refractivity contribution in [2.45, 2.75) is 32.9 Å². The van der Waals surface area contributed by atoms with Gasteiger partial charge >= 0.3 is 0 Å². The third kappa shape index (κ3) is 5.23. The quantitative estimate of drug-likeness (QED) is 0.630. The second kappa shape index (κ2) is 8.58. The Kier molecular flexibility index (Phi) is 5.96. The number of nitrogens with zero attached hydrogens (tertiary/aromatic N) is 2. The number of guanidine groups is 1. The summed E-state index contributed by atoms with van der Waals surface area (Å²) in [5, 5.41) is 3.00. The van der Waals surface area contributed by atoms with Crippen molar-refractivity contribution in [1.29, 1.82) is 0 Å². The lowest BCUT2D eigenvalue weighted by Crippen LogP contribution is -2.38. The predicted octanol–water partition coefficient (Wildman–Crippen LogP) is 2.79. The van der Waals surface area contributed by atoms with E-state index in [1.54, 1.807) is 0 Å². The molecule has 0 radical (unpaired) electrons. The molecule has 2 aromatic rings. The fraction of sp³-hybridized carbons (Fsp3) is 0.333. The number of nitrogens with two attached hydrogens (primary N) is 1. The molecule has 3 rings (SSSR count). The van der Waals surface area contributed by atoms with E-state index in [0.717, 1.165) is 24.4 Å². The summed E-state index contributed by atoms with van der Waals surface area (Å²) in [6, 6.07) is 15.7. The second-order valence-electron chi connectivity index (χ2n) is 6.85. The van der Waals surface area contributed by atoms with Gasteiger partial charge in [0, 0.05) is 18.8 Å². The number of hydrogen-bond acceptors (Lipinski definition) is 3. The van der Waals surface area contributed by atoms with Crippen molar-refractivity contribution in [3.63, 3.8) is 0 Å². The molecule has 0 saturated heterocycles. The third-order valence-electron chi connectivity index (χ3n) is 4.37. The van der Waals surface area contributed by atoms with Crippen molar-refractivity contribution >= 4 is 17.6 Å². The number of aliphatic imine (C=N–C) groups is 1. The van der Waals surface area contributed by atoms with E-state index in [1.165, 1.54) is 11.1 Å². The number of anilines is 1. The highest BCUT2D eigenvalue weighted by molar-refractivity contribution is 5.93. The fourth-order valence-corrected chi connectivity index (χ4v) is 3.04. The molecule has 0 aliphatic carbocycles. The molecule has 6 nitrogen and oxygen atoms in total. The number of nitrogens with one attached hydrogen (secondary N) is 1. The molecular formula is C21H26N4O2. The van der Waals surface area contributed by atoms with Gasteiger partial charge < -0.3 is 20.7 Å². The molecular weight excluding hydrogens is 340 g/mol. The van der Waals surface area contributed by atoms with Crippen molar-refractivity contribution in [2.75, 3.05) is 18.4 Å². The minimum Gasteiger partial charge on any atom is -0.491 e. The zero-order valence-electron chi connectivity index (χ0n) is 15.8. The summed E-state index contributed by atoms with van der Waals surface area (Å²) in [6.45, 7) is 5.35. The van der Waals surface area contributed by atoms with Crippen LogP contribution in [0, 0.1) is 0 Å². The molecule has 1 heterocycles. The summed E-state index contributed by atoms with van der Waals surface area (Å²) < 4.78 is 5.61. The Morgan fingerprint density at radius 1 is 1.19 bits per heavy atom. The molecule has 142 valence electrons. The average molecular weight is 366 g/mol. The lowest BCUT2D eigenvalue weighted by molar-refractivity contribution is -0.130. The van der Waals surface area contributed by atoms with E-state index in [0.29, 0.717) is 6.54 Å². The molecule has 3 N–H and O–H groups in total. The third-order valence-corrected chi connectivity index (χ3v) is 4.37. The Bertz CT molecular complexity index is 815. The molecule has 27 heavy (non-hydrogen) atoms. The summed E-state index contributed by atoms with van der Waals surface area (Å²) in [6.07, 6.45) is 1.01. The lowest BCUT2D eigenvalue weighted by Gasteiger charge is -2.28. The van der Waals surface area contributed by atoms with Crippen LogP contribution < -0.4 is 15.8 Å². The first-order valence-corrected chi connectivity index (χ1v) is 9.19. The molecule has 1 aliphatic rings. The Morgan fingerprint density at radius 2 is 1.89 bits per heavy atom. The Morgan fingerprint density at radius 3 is 2.59 bits per heavy atom. The molecule has 0 bridgehead atoms. The van der Waals surface area contributed by atoms with Crippen molar-refractivity contribution in [1.82, 2.24) is 4.90 Å². The number of carbonyl (C=O) groups excluding carboxylic acids is 1. The Hall–Kier alpha value is -3.02. The van der Waals surface area contributed by atoms with Crippen LogP contribution in [0.15, 0.2) is 53.5 Å². The SMILES string of the molecule is CC(C)Oc1ccc(NC(N)=NCC(=O)N2CCc3ccccc3C2)cc1. The second-order valence-corrected chi connectivity index (χ2v) is 6.85. The van der Waals surface area contributed by atoms with E-state index in [9.17, 15) is 4.79 Å². The van der Waals surface area contributed by atoms with Gasteiger partial charge in [0.2, 0.25) is 5.91 Å². The topological polar surface area (TPSA) is 80.0 Å². The molecule has 0 aromatic heterocycles. The molecule has 1 amide bonds. The van der Waals surface area contributed by atoms with E-state index in [4.69, 9.17) is 10.5 Å². The minimum atomic E-state index is -0.0186. The normalized spacial score (nSPS) is 14.0. The van der Waals surface area contributed by atoms with Crippen LogP contribution in [-0.4, -0.2) is 36.0 Å². The highest BCUT2D eigenvalue weighted by atomic mass is 16.5. The van der Waals surface area contributed by atoms with Crippen LogP contribution in [0.3, 0.4) is 0 Å². The molecule has 1 aliphatic heterocycles. The van der Waals surface area contributed by atoms with Crippen LogP contribution in [0.4, 0.5) is 5.69 Å². The number of fused-ring (bicyclic) bond motifs is 1. The molecule has 0 unspecified atom stereocenters. The Balaban J connectivity index is 1.52. The van der Waals surface area contributed by atoms with Gasteiger partial charge in [-0.2, -0.15) is 0 Å². The maximum Gasteiger partial charge on any atom is 0.244 e. The van der Waals surface area contributed by atoms with Gasteiger partial charge in [0.15, 0.2) is 5.96 Å². The average Bonchev–Trinajstić information content (AvgIpc) is 2.67. The minimum absolute atomic E-state index is 0.0186. The van der Waals surface area contributed by atoms with E-state index < -0.39 is 0 Å². The van der Waals surface area contributed by atoms with Crippen molar-refractivity contribution < 1.29 is 9.53 Å². The van der Waals surface area contributed by atoms with Crippen LogP contribution in [0.5, 0.6) is 5.75 Å². The lowest BCUT2D eigenvalue weighted by atomic mass is 10.00.